The molecule has 2 atom stereocenters. The van der Waals surface area contributed by atoms with Gasteiger partial charge in [-0.2, -0.15) is 0 Å². The average molecular weight is 276 g/mol. The summed E-state index contributed by atoms with van der Waals surface area (Å²) >= 11 is 0. The van der Waals surface area contributed by atoms with Gasteiger partial charge in [-0.25, -0.2) is 0 Å². The van der Waals surface area contributed by atoms with Gasteiger partial charge in [-0.3, -0.25) is 9.88 Å². The molecule has 4 nitrogen and oxygen atoms in total. The fraction of sp³-hybridized carbons (Fsp3) is 0.688. The molecule has 0 aromatic carbocycles. The van der Waals surface area contributed by atoms with Crippen LogP contribution in [0.1, 0.15) is 42.6 Å². The van der Waals surface area contributed by atoms with Crippen LogP contribution in [0.5, 0.6) is 0 Å². The summed E-state index contributed by atoms with van der Waals surface area (Å²) in [6, 6.07) is 4.39. The van der Waals surface area contributed by atoms with E-state index in [1.165, 1.54) is 11.3 Å². The number of β-amino-alcohol motifs (C(OH)–C–C–N with tert-alkyl or cyclic N) is 1. The van der Waals surface area contributed by atoms with E-state index in [0.717, 1.165) is 57.8 Å². The second-order valence-electron chi connectivity index (χ2n) is 5.93. The first-order valence-corrected chi connectivity index (χ1v) is 7.73. The lowest BCUT2D eigenvalue weighted by atomic mass is 9.96. The molecule has 0 amide bonds. The molecule has 2 saturated heterocycles. The third-order valence-electron chi connectivity index (χ3n) is 4.42. The molecule has 110 valence electrons. The first-order valence-electron chi connectivity index (χ1n) is 7.73. The lowest BCUT2D eigenvalue weighted by Crippen LogP contribution is -2.23. The van der Waals surface area contributed by atoms with Crippen molar-refractivity contribution in [3.63, 3.8) is 0 Å². The molecule has 1 N–H and O–H groups in total. The van der Waals surface area contributed by atoms with Crippen molar-refractivity contribution < 1.29 is 9.84 Å². The summed E-state index contributed by atoms with van der Waals surface area (Å²) in [5.74, 6) is 0.496. The largest absolute Gasteiger partial charge is 0.392 e. The van der Waals surface area contributed by atoms with Gasteiger partial charge in [-0.15, -0.1) is 0 Å². The van der Waals surface area contributed by atoms with Gasteiger partial charge in [0.25, 0.3) is 0 Å². The molecule has 0 saturated carbocycles. The zero-order chi connectivity index (χ0) is 13.9. The fourth-order valence-corrected chi connectivity index (χ4v) is 3.20. The molecule has 2 fully saturated rings. The highest BCUT2D eigenvalue weighted by Crippen LogP contribution is 2.28. The van der Waals surface area contributed by atoms with Gasteiger partial charge in [-0.1, -0.05) is 13.0 Å². The lowest BCUT2D eigenvalue weighted by molar-refractivity contribution is 0.174. The summed E-state index contributed by atoms with van der Waals surface area (Å²) in [4.78, 5) is 7.16. The number of aromatic nitrogens is 1. The second kappa shape index (κ2) is 6.20. The van der Waals surface area contributed by atoms with E-state index >= 15 is 0 Å². The molecule has 2 aliphatic heterocycles. The number of nitrogens with zero attached hydrogens (tertiary/aromatic N) is 2. The molecule has 1 unspecified atom stereocenters. The van der Waals surface area contributed by atoms with Crippen molar-refractivity contribution in [1.82, 2.24) is 9.88 Å². The predicted octanol–water partition coefficient (Wildman–Crippen LogP) is 1.71. The number of aliphatic hydroxyl groups excluding tert-OH is 1. The monoisotopic (exact) mass is 276 g/mol. The maximum atomic E-state index is 9.68. The molecule has 0 bridgehead atoms. The molecule has 2 aliphatic rings. The van der Waals surface area contributed by atoms with E-state index in [1.807, 2.05) is 0 Å². The van der Waals surface area contributed by atoms with Crippen LogP contribution in [0.25, 0.3) is 0 Å². The first-order chi connectivity index (χ1) is 9.76. The number of ether oxygens (including phenoxy) is 1. The first kappa shape index (κ1) is 14.0. The van der Waals surface area contributed by atoms with E-state index in [-0.39, 0.29) is 6.10 Å². The van der Waals surface area contributed by atoms with Crippen molar-refractivity contribution in [3.05, 3.63) is 29.1 Å². The number of aliphatic hydroxyl groups is 1. The van der Waals surface area contributed by atoms with Crippen LogP contribution in [0.3, 0.4) is 0 Å². The Morgan fingerprint density at radius 2 is 2.30 bits per heavy atom. The van der Waals surface area contributed by atoms with Crippen molar-refractivity contribution in [3.8, 4) is 0 Å². The maximum absolute atomic E-state index is 9.68. The van der Waals surface area contributed by atoms with Crippen LogP contribution >= 0.6 is 0 Å². The van der Waals surface area contributed by atoms with E-state index in [2.05, 4.69) is 24.0 Å². The maximum Gasteiger partial charge on any atom is 0.0679 e. The highest BCUT2D eigenvalue weighted by Gasteiger charge is 2.25. The Hall–Kier alpha value is -0.970. The van der Waals surface area contributed by atoms with Crippen LogP contribution < -0.4 is 0 Å². The zero-order valence-electron chi connectivity index (χ0n) is 12.2. The van der Waals surface area contributed by atoms with E-state index in [4.69, 9.17) is 9.72 Å². The van der Waals surface area contributed by atoms with Gasteiger partial charge in [0.05, 0.1) is 18.4 Å². The van der Waals surface area contributed by atoms with Crippen molar-refractivity contribution in [2.24, 2.45) is 0 Å². The molecule has 3 heterocycles. The molecule has 1 aromatic heterocycles. The van der Waals surface area contributed by atoms with Gasteiger partial charge in [0.2, 0.25) is 0 Å². The normalized spacial score (nSPS) is 27.3. The highest BCUT2D eigenvalue weighted by molar-refractivity contribution is 5.28. The second-order valence-corrected chi connectivity index (χ2v) is 5.93. The third-order valence-corrected chi connectivity index (χ3v) is 4.42. The summed E-state index contributed by atoms with van der Waals surface area (Å²) in [5.41, 5.74) is 3.69. The Morgan fingerprint density at radius 3 is 2.95 bits per heavy atom. The van der Waals surface area contributed by atoms with Gasteiger partial charge < -0.3 is 9.84 Å². The van der Waals surface area contributed by atoms with Crippen LogP contribution in [-0.2, 0) is 17.7 Å². The third kappa shape index (κ3) is 3.03. The Bertz CT molecular complexity index is 458. The topological polar surface area (TPSA) is 45.6 Å². The number of rotatable bonds is 4. The molecule has 0 radical (unpaired) electrons. The summed E-state index contributed by atoms with van der Waals surface area (Å²) in [5, 5.41) is 9.68. The smallest absolute Gasteiger partial charge is 0.0679 e. The molecule has 20 heavy (non-hydrogen) atoms. The van der Waals surface area contributed by atoms with Crippen LogP contribution in [0, 0.1) is 0 Å². The van der Waals surface area contributed by atoms with Crippen molar-refractivity contribution in [2.75, 3.05) is 26.3 Å². The highest BCUT2D eigenvalue weighted by atomic mass is 16.5. The molecule has 1 aromatic rings. The number of pyridine rings is 1. The Labute approximate surface area is 120 Å². The zero-order valence-corrected chi connectivity index (χ0v) is 12.2. The Morgan fingerprint density at radius 1 is 1.40 bits per heavy atom. The molecule has 0 aliphatic carbocycles. The summed E-state index contributed by atoms with van der Waals surface area (Å²) in [6.45, 7) is 6.43. The fourth-order valence-electron chi connectivity index (χ4n) is 3.20. The number of aryl methyl sites for hydroxylation is 1. The number of hydrogen-bond donors (Lipinski definition) is 1. The van der Waals surface area contributed by atoms with Gasteiger partial charge in [0.15, 0.2) is 0 Å². The van der Waals surface area contributed by atoms with Gasteiger partial charge in [0, 0.05) is 37.9 Å². The minimum Gasteiger partial charge on any atom is -0.392 e. The van der Waals surface area contributed by atoms with Gasteiger partial charge in [0.1, 0.15) is 0 Å². The quantitative estimate of drug-likeness (QED) is 0.909. The molecule has 0 spiro atoms. The van der Waals surface area contributed by atoms with Crippen LogP contribution in [-0.4, -0.2) is 47.4 Å². The van der Waals surface area contributed by atoms with Crippen LogP contribution in [0.4, 0.5) is 0 Å². The van der Waals surface area contributed by atoms with E-state index in [9.17, 15) is 5.11 Å². The van der Waals surface area contributed by atoms with Gasteiger partial charge >= 0.3 is 0 Å². The van der Waals surface area contributed by atoms with Crippen LogP contribution in [0.2, 0.25) is 0 Å². The van der Waals surface area contributed by atoms with E-state index in [0.29, 0.717) is 5.92 Å². The molecular formula is C16H24N2O2. The summed E-state index contributed by atoms with van der Waals surface area (Å²) in [7, 11) is 0. The van der Waals surface area contributed by atoms with Crippen molar-refractivity contribution in [1.29, 1.82) is 0 Å². The summed E-state index contributed by atoms with van der Waals surface area (Å²) in [6.07, 6.45) is 2.79. The number of hydrogen-bond acceptors (Lipinski definition) is 4. The van der Waals surface area contributed by atoms with E-state index < -0.39 is 0 Å². The van der Waals surface area contributed by atoms with Gasteiger partial charge in [-0.05, 0) is 30.9 Å². The molecular weight excluding hydrogens is 252 g/mol. The average Bonchev–Trinajstić information content (AvgIpc) is 3.10. The van der Waals surface area contributed by atoms with Crippen molar-refractivity contribution >= 4 is 0 Å². The minimum absolute atomic E-state index is 0.164. The van der Waals surface area contributed by atoms with Crippen molar-refractivity contribution in [2.45, 2.75) is 44.8 Å². The van der Waals surface area contributed by atoms with Crippen LogP contribution in [0.15, 0.2) is 12.1 Å². The Balaban J connectivity index is 1.81. The lowest BCUT2D eigenvalue weighted by Gasteiger charge is -2.20. The summed E-state index contributed by atoms with van der Waals surface area (Å²) < 4.78 is 5.53. The minimum atomic E-state index is -0.164. The number of likely N-dealkylation sites (tertiary alicyclic amines) is 1. The predicted molar refractivity (Wildman–Crippen MR) is 77.7 cm³/mol. The molecule has 3 rings (SSSR count). The SMILES string of the molecule is CCc1ccc(C2CCOC2)c(CN2CC[C@H](O)C2)n1. The van der Waals surface area contributed by atoms with E-state index in [1.54, 1.807) is 0 Å². The standard InChI is InChI=1S/C16H24N2O2/c1-2-13-3-4-15(12-6-8-20-11-12)16(17-13)10-18-7-5-14(19)9-18/h3-4,12,14,19H,2,5-11H2,1H3/t12?,14-/m0/s1. The Kier molecular flexibility index (Phi) is 4.34. The molecule has 4 heteroatoms.